The van der Waals surface area contributed by atoms with Crippen LogP contribution in [0.25, 0.3) is 0 Å². The number of aliphatic hydroxyl groups is 1. The van der Waals surface area contributed by atoms with Gasteiger partial charge in [-0.3, -0.25) is 4.57 Å². The van der Waals surface area contributed by atoms with Crippen molar-refractivity contribution in [2.45, 2.75) is 63.2 Å². The molecule has 0 saturated heterocycles. The predicted octanol–water partition coefficient (Wildman–Crippen LogP) is 7.36. The molecule has 3 aromatic rings. The number of hydrogen-bond donors (Lipinski definition) is 2. The highest BCUT2D eigenvalue weighted by Crippen LogP contribution is 2.47. The fourth-order valence-electron chi connectivity index (χ4n) is 3.92. The molecule has 2 aromatic carbocycles. The van der Waals surface area contributed by atoms with Crippen LogP contribution in [0.4, 0.5) is 0 Å². The molecule has 0 aliphatic heterocycles. The van der Waals surface area contributed by atoms with E-state index in [4.69, 9.17) is 37.2 Å². The van der Waals surface area contributed by atoms with E-state index in [-0.39, 0.29) is 12.5 Å². The van der Waals surface area contributed by atoms with Gasteiger partial charge in [0, 0.05) is 34.6 Å². The average molecular weight is 601 g/mol. The van der Waals surface area contributed by atoms with Crippen LogP contribution < -0.4 is 5.32 Å². The van der Waals surface area contributed by atoms with Crippen LogP contribution in [0.5, 0.6) is 0 Å². The lowest BCUT2D eigenvalue weighted by molar-refractivity contribution is 0.220. The van der Waals surface area contributed by atoms with Gasteiger partial charge in [-0.25, -0.2) is 4.98 Å². The maximum absolute atomic E-state index is 12.6. The second kappa shape index (κ2) is 14.9. The second-order valence-electron chi connectivity index (χ2n) is 8.99. The molecule has 1 aromatic heterocycles. The van der Waals surface area contributed by atoms with Gasteiger partial charge in [-0.05, 0) is 49.1 Å². The van der Waals surface area contributed by atoms with Crippen molar-refractivity contribution in [1.82, 2.24) is 14.9 Å². The van der Waals surface area contributed by atoms with Crippen molar-refractivity contribution in [3.8, 4) is 0 Å². The van der Waals surface area contributed by atoms with Gasteiger partial charge in [-0.15, -0.1) is 0 Å². The van der Waals surface area contributed by atoms with Gasteiger partial charge in [-0.2, -0.15) is 0 Å². The summed E-state index contributed by atoms with van der Waals surface area (Å²) in [5.41, 5.74) is 3.11. The Hall–Kier alpha value is -1.35. The van der Waals surface area contributed by atoms with Crippen molar-refractivity contribution in [1.29, 1.82) is 0 Å². The fraction of sp³-hybridized carbons (Fsp3) is 0.444. The van der Waals surface area contributed by atoms with Crippen LogP contribution in [0.3, 0.4) is 0 Å². The zero-order valence-corrected chi connectivity index (χ0v) is 25.5. The lowest BCUT2D eigenvalue weighted by Gasteiger charge is -2.17. The maximum atomic E-state index is 12.6. The molecule has 208 valence electrons. The first kappa shape index (κ1) is 31.2. The Labute approximate surface area is 239 Å². The Morgan fingerprint density at radius 2 is 1.66 bits per heavy atom. The standard InChI is InChI=1S/C27H36Cl2N3O4PS/c1-5-35-37(34,36-6-2)12-11-30-16-20-7-9-21(10-8-20)17-32-25(18-33)31-26(19(3)4)27(32)38-24-14-22(28)13-23(29)15-24/h7-10,13-15,19,30,33H,5-6,11-12,16-18H2,1-4H3. The van der Waals surface area contributed by atoms with Crippen molar-refractivity contribution in [2.24, 2.45) is 0 Å². The van der Waals surface area contributed by atoms with Crippen molar-refractivity contribution >= 4 is 42.6 Å². The van der Waals surface area contributed by atoms with E-state index in [2.05, 4.69) is 48.0 Å². The summed E-state index contributed by atoms with van der Waals surface area (Å²) in [5, 5.41) is 15.5. The van der Waals surface area contributed by atoms with Gasteiger partial charge in [0.05, 0.1) is 25.1 Å². The first-order valence-electron chi connectivity index (χ1n) is 12.7. The van der Waals surface area contributed by atoms with E-state index in [1.165, 1.54) is 0 Å². The van der Waals surface area contributed by atoms with Gasteiger partial charge in [0.15, 0.2) is 0 Å². The highest BCUT2D eigenvalue weighted by Gasteiger charge is 2.23. The third kappa shape index (κ3) is 8.83. The summed E-state index contributed by atoms with van der Waals surface area (Å²) in [6.07, 6.45) is 0.327. The van der Waals surface area contributed by atoms with E-state index in [0.29, 0.717) is 54.9 Å². The Morgan fingerprint density at radius 1 is 1.05 bits per heavy atom. The van der Waals surface area contributed by atoms with E-state index >= 15 is 0 Å². The highest BCUT2D eigenvalue weighted by atomic mass is 35.5. The number of benzene rings is 2. The monoisotopic (exact) mass is 599 g/mol. The van der Waals surface area contributed by atoms with Crippen LogP contribution in [0.1, 0.15) is 56.3 Å². The Bertz CT molecular complexity index is 1210. The van der Waals surface area contributed by atoms with E-state index in [1.54, 1.807) is 17.8 Å². The molecule has 1 heterocycles. The summed E-state index contributed by atoms with van der Waals surface area (Å²) in [5.74, 6) is 0.788. The quantitative estimate of drug-likeness (QED) is 0.139. The first-order valence-corrected chi connectivity index (χ1v) is 16.0. The first-order chi connectivity index (χ1) is 18.2. The van der Waals surface area contributed by atoms with Crippen LogP contribution in [0.2, 0.25) is 10.0 Å². The zero-order chi connectivity index (χ0) is 27.7. The lowest BCUT2D eigenvalue weighted by Crippen LogP contribution is -2.19. The molecule has 0 fully saturated rings. The molecule has 0 amide bonds. The summed E-state index contributed by atoms with van der Waals surface area (Å²) in [6.45, 7) is 10.1. The molecule has 0 atom stereocenters. The molecule has 3 rings (SSSR count). The topological polar surface area (TPSA) is 85.6 Å². The van der Waals surface area contributed by atoms with Crippen molar-refractivity contribution in [3.63, 3.8) is 0 Å². The molecular formula is C27H36Cl2N3O4PS. The van der Waals surface area contributed by atoms with Crippen LogP contribution in [0.15, 0.2) is 52.4 Å². The number of hydrogen-bond acceptors (Lipinski definition) is 7. The summed E-state index contributed by atoms with van der Waals surface area (Å²) < 4.78 is 25.3. The molecule has 0 radical (unpaired) electrons. The summed E-state index contributed by atoms with van der Waals surface area (Å²) in [7, 11) is -3.04. The molecule has 0 saturated carbocycles. The molecule has 7 nitrogen and oxygen atoms in total. The Balaban J connectivity index is 1.72. The SMILES string of the molecule is CCOP(=O)(CCNCc1ccc(Cn2c(CO)nc(C(C)C)c2Sc2cc(Cl)cc(Cl)c2)cc1)OCC. The third-order valence-corrected chi connectivity index (χ3v) is 9.28. The molecule has 11 heteroatoms. The summed E-state index contributed by atoms with van der Waals surface area (Å²) in [6, 6.07) is 13.7. The van der Waals surface area contributed by atoms with Crippen LogP contribution in [-0.4, -0.2) is 40.6 Å². The van der Waals surface area contributed by atoms with Crippen molar-refractivity contribution < 1.29 is 18.7 Å². The Kier molecular flexibility index (Phi) is 12.2. The van der Waals surface area contributed by atoms with Gasteiger partial charge >= 0.3 is 7.60 Å². The normalized spacial score (nSPS) is 12.0. The molecule has 0 aliphatic rings. The van der Waals surface area contributed by atoms with Crippen molar-refractivity contribution in [2.75, 3.05) is 25.9 Å². The minimum atomic E-state index is -3.04. The maximum Gasteiger partial charge on any atom is 0.331 e. The molecule has 2 N–H and O–H groups in total. The third-order valence-electron chi connectivity index (χ3n) is 5.67. The summed E-state index contributed by atoms with van der Waals surface area (Å²) >= 11 is 14.0. The average Bonchev–Trinajstić information content (AvgIpc) is 3.19. The van der Waals surface area contributed by atoms with Gasteiger partial charge in [0.1, 0.15) is 17.5 Å². The number of imidazole rings is 1. The van der Waals surface area contributed by atoms with Gasteiger partial charge in [0.25, 0.3) is 0 Å². The number of aliphatic hydroxyl groups excluding tert-OH is 1. The second-order valence-corrected chi connectivity index (χ2v) is 13.1. The lowest BCUT2D eigenvalue weighted by atomic mass is 10.1. The number of rotatable bonds is 15. The van der Waals surface area contributed by atoms with Gasteiger partial charge in [-0.1, -0.05) is 73.1 Å². The van der Waals surface area contributed by atoms with Gasteiger partial charge < -0.3 is 24.0 Å². The zero-order valence-electron chi connectivity index (χ0n) is 22.2. The van der Waals surface area contributed by atoms with Crippen LogP contribution >= 0.6 is 42.6 Å². The van der Waals surface area contributed by atoms with Gasteiger partial charge in [0.2, 0.25) is 0 Å². The number of nitrogens with zero attached hydrogens (tertiary/aromatic N) is 2. The molecule has 0 unspecified atom stereocenters. The van der Waals surface area contributed by atoms with Crippen molar-refractivity contribution in [3.05, 3.63) is 75.2 Å². The minimum absolute atomic E-state index is 0.161. The molecule has 0 spiro atoms. The number of aromatic nitrogens is 2. The molecule has 0 bridgehead atoms. The predicted molar refractivity (Wildman–Crippen MR) is 156 cm³/mol. The largest absolute Gasteiger partial charge is 0.388 e. The van der Waals surface area contributed by atoms with Crippen LogP contribution in [0, 0.1) is 0 Å². The highest BCUT2D eigenvalue weighted by molar-refractivity contribution is 7.99. The fourth-order valence-corrected chi connectivity index (χ4v) is 7.39. The van der Waals surface area contributed by atoms with E-state index < -0.39 is 7.60 Å². The van der Waals surface area contributed by atoms with Crippen LogP contribution in [-0.2, 0) is 33.3 Å². The van der Waals surface area contributed by atoms with E-state index in [9.17, 15) is 9.67 Å². The Morgan fingerprint density at radius 3 is 2.21 bits per heavy atom. The number of nitrogens with one attached hydrogen (secondary N) is 1. The molecule has 38 heavy (non-hydrogen) atoms. The van der Waals surface area contributed by atoms with E-state index in [0.717, 1.165) is 26.7 Å². The van der Waals surface area contributed by atoms with E-state index in [1.807, 2.05) is 26.0 Å². The number of halogens is 2. The molecular weight excluding hydrogens is 564 g/mol. The minimum Gasteiger partial charge on any atom is -0.388 e. The summed E-state index contributed by atoms with van der Waals surface area (Å²) in [4.78, 5) is 5.66. The smallest absolute Gasteiger partial charge is 0.331 e. The molecule has 0 aliphatic carbocycles.